The van der Waals surface area contributed by atoms with Gasteiger partial charge in [-0.25, -0.2) is 0 Å². The van der Waals surface area contributed by atoms with E-state index in [0.29, 0.717) is 24.0 Å². The summed E-state index contributed by atoms with van der Waals surface area (Å²) in [4.78, 5) is 28.0. The van der Waals surface area contributed by atoms with E-state index in [2.05, 4.69) is 0 Å². The Morgan fingerprint density at radius 3 is 1.96 bits per heavy atom. The Balaban J connectivity index is 1.95. The molecular formula is C16H12N2O3S4. The second-order valence-electron chi connectivity index (χ2n) is 5.30. The van der Waals surface area contributed by atoms with E-state index in [-0.39, 0.29) is 17.6 Å². The highest BCUT2D eigenvalue weighted by atomic mass is 32.2. The van der Waals surface area contributed by atoms with Crippen LogP contribution in [0.4, 0.5) is 0 Å². The Bertz CT molecular complexity index is 891. The summed E-state index contributed by atoms with van der Waals surface area (Å²) in [5.41, 5.74) is 1.21. The van der Waals surface area contributed by atoms with Crippen LogP contribution < -0.4 is 0 Å². The molecule has 5 nitrogen and oxygen atoms in total. The lowest BCUT2D eigenvalue weighted by Gasteiger charge is -2.05. The summed E-state index contributed by atoms with van der Waals surface area (Å²) in [6.45, 7) is 0. The minimum absolute atomic E-state index is 0.0431. The maximum atomic E-state index is 12.1. The van der Waals surface area contributed by atoms with Gasteiger partial charge in [-0.05, 0) is 29.8 Å². The number of aromatic hydroxyl groups is 1. The molecule has 0 bridgehead atoms. The van der Waals surface area contributed by atoms with E-state index < -0.39 is 0 Å². The number of carbonyl (C=O) groups excluding carboxylic acids is 2. The molecule has 1 aromatic rings. The third kappa shape index (κ3) is 3.50. The molecule has 2 heterocycles. The van der Waals surface area contributed by atoms with Crippen molar-refractivity contribution in [1.29, 1.82) is 0 Å². The number of thiocarbonyl (C=S) groups is 2. The fraction of sp³-hybridized carbons (Fsp3) is 0.125. The summed E-state index contributed by atoms with van der Waals surface area (Å²) >= 11 is 12.6. The summed E-state index contributed by atoms with van der Waals surface area (Å²) < 4.78 is 0.973. The first-order valence-electron chi connectivity index (χ1n) is 7.04. The number of carbonyl (C=O) groups is 2. The number of phenols is 1. The van der Waals surface area contributed by atoms with Crippen LogP contribution in [0.3, 0.4) is 0 Å². The molecule has 0 atom stereocenters. The van der Waals surface area contributed by atoms with Gasteiger partial charge >= 0.3 is 0 Å². The number of benzene rings is 1. The Hall–Kier alpha value is -1.68. The second-order valence-corrected chi connectivity index (χ2v) is 8.65. The number of hydrogen-bond acceptors (Lipinski definition) is 7. The van der Waals surface area contributed by atoms with Crippen molar-refractivity contribution >= 4 is 80.6 Å². The zero-order chi connectivity index (χ0) is 18.3. The molecule has 0 spiro atoms. The number of thioether (sulfide) groups is 2. The molecule has 0 aliphatic carbocycles. The number of amides is 2. The molecular weight excluding hydrogens is 396 g/mol. The first kappa shape index (κ1) is 18.1. The quantitative estimate of drug-likeness (QED) is 0.596. The average molecular weight is 409 g/mol. The predicted octanol–water partition coefficient (Wildman–Crippen LogP) is 3.05. The number of rotatable bonds is 2. The van der Waals surface area contributed by atoms with E-state index in [1.807, 2.05) is 0 Å². The highest BCUT2D eigenvalue weighted by Crippen LogP contribution is 2.35. The van der Waals surface area contributed by atoms with Crippen molar-refractivity contribution in [2.24, 2.45) is 0 Å². The predicted molar refractivity (Wildman–Crippen MR) is 110 cm³/mol. The summed E-state index contributed by atoms with van der Waals surface area (Å²) in [5, 5.41) is 10.1. The van der Waals surface area contributed by atoms with Crippen molar-refractivity contribution in [2.45, 2.75) is 0 Å². The van der Waals surface area contributed by atoms with E-state index in [4.69, 9.17) is 24.4 Å². The van der Waals surface area contributed by atoms with Crippen LogP contribution in [0.2, 0.25) is 0 Å². The number of nitrogens with zero attached hydrogens (tertiary/aromatic N) is 2. The van der Waals surface area contributed by atoms with E-state index in [9.17, 15) is 14.7 Å². The largest absolute Gasteiger partial charge is 0.507 e. The highest BCUT2D eigenvalue weighted by Gasteiger charge is 2.30. The first-order chi connectivity index (χ1) is 11.8. The van der Waals surface area contributed by atoms with Gasteiger partial charge in [0.1, 0.15) is 14.4 Å². The molecule has 128 valence electrons. The molecule has 3 rings (SSSR count). The zero-order valence-electron chi connectivity index (χ0n) is 13.2. The smallest absolute Gasteiger partial charge is 0.265 e. The molecule has 0 saturated carbocycles. The fourth-order valence-electron chi connectivity index (χ4n) is 2.16. The molecule has 0 aromatic heterocycles. The first-order valence-corrected chi connectivity index (χ1v) is 9.49. The SMILES string of the molecule is CN1C(=O)/C(=C/c2ccc(O)c(/C=C3\SC(=S)N(C)C3=O)c2)SC1=S. The van der Waals surface area contributed by atoms with Crippen LogP contribution in [0.25, 0.3) is 12.2 Å². The van der Waals surface area contributed by atoms with E-state index >= 15 is 0 Å². The van der Waals surface area contributed by atoms with Crippen molar-refractivity contribution in [2.75, 3.05) is 14.1 Å². The van der Waals surface area contributed by atoms with Gasteiger partial charge in [0, 0.05) is 19.7 Å². The molecule has 1 aromatic carbocycles. The maximum absolute atomic E-state index is 12.1. The number of hydrogen-bond donors (Lipinski definition) is 1. The van der Waals surface area contributed by atoms with Crippen molar-refractivity contribution in [3.63, 3.8) is 0 Å². The van der Waals surface area contributed by atoms with E-state index in [0.717, 1.165) is 5.56 Å². The topological polar surface area (TPSA) is 60.9 Å². The normalized spacial score (nSPS) is 21.4. The van der Waals surface area contributed by atoms with Gasteiger partial charge in [0.25, 0.3) is 11.8 Å². The Morgan fingerprint density at radius 1 is 0.960 bits per heavy atom. The lowest BCUT2D eigenvalue weighted by atomic mass is 10.1. The van der Waals surface area contributed by atoms with Gasteiger partial charge in [0.05, 0.1) is 9.81 Å². The molecule has 2 aliphatic rings. The van der Waals surface area contributed by atoms with Crippen molar-refractivity contribution in [3.05, 3.63) is 39.1 Å². The Kier molecular flexibility index (Phi) is 5.01. The molecule has 2 aliphatic heterocycles. The fourth-order valence-corrected chi connectivity index (χ4v) is 4.51. The average Bonchev–Trinajstić information content (AvgIpc) is 2.96. The maximum Gasteiger partial charge on any atom is 0.265 e. The van der Waals surface area contributed by atoms with Gasteiger partial charge in [-0.1, -0.05) is 54.0 Å². The Morgan fingerprint density at radius 2 is 1.48 bits per heavy atom. The van der Waals surface area contributed by atoms with Crippen LogP contribution in [0, 0.1) is 0 Å². The number of phenolic OH excluding ortho intramolecular Hbond substituents is 1. The zero-order valence-corrected chi connectivity index (χ0v) is 16.4. The molecule has 9 heteroatoms. The number of likely N-dealkylation sites (N-methyl/N-ethyl adjacent to an activating group) is 2. The third-order valence-electron chi connectivity index (χ3n) is 3.61. The minimum atomic E-state index is -0.202. The van der Waals surface area contributed by atoms with Crippen molar-refractivity contribution < 1.29 is 14.7 Å². The Labute approximate surface area is 163 Å². The summed E-state index contributed by atoms with van der Waals surface area (Å²) in [7, 11) is 3.25. The van der Waals surface area contributed by atoms with Crippen molar-refractivity contribution in [3.8, 4) is 5.75 Å². The lowest BCUT2D eigenvalue weighted by Crippen LogP contribution is -2.22. The van der Waals surface area contributed by atoms with Crippen LogP contribution in [-0.4, -0.2) is 49.5 Å². The van der Waals surface area contributed by atoms with Crippen molar-refractivity contribution in [1.82, 2.24) is 9.80 Å². The molecule has 0 radical (unpaired) electrons. The second kappa shape index (κ2) is 6.91. The molecule has 2 fully saturated rings. The summed E-state index contributed by atoms with van der Waals surface area (Å²) in [6, 6.07) is 4.93. The van der Waals surface area contributed by atoms with Gasteiger partial charge in [-0.2, -0.15) is 0 Å². The monoisotopic (exact) mass is 408 g/mol. The minimum Gasteiger partial charge on any atom is -0.507 e. The lowest BCUT2D eigenvalue weighted by molar-refractivity contribution is -0.122. The van der Waals surface area contributed by atoms with Gasteiger partial charge in [0.15, 0.2) is 0 Å². The third-order valence-corrected chi connectivity index (χ3v) is 6.58. The van der Waals surface area contributed by atoms with Crippen LogP contribution in [0.15, 0.2) is 28.0 Å². The molecule has 1 N–H and O–H groups in total. The van der Waals surface area contributed by atoms with Crippen LogP contribution in [0.1, 0.15) is 11.1 Å². The van der Waals surface area contributed by atoms with Gasteiger partial charge < -0.3 is 5.11 Å². The van der Waals surface area contributed by atoms with Crippen LogP contribution in [0.5, 0.6) is 5.75 Å². The van der Waals surface area contributed by atoms with Crippen LogP contribution in [-0.2, 0) is 9.59 Å². The highest BCUT2D eigenvalue weighted by molar-refractivity contribution is 8.27. The standard InChI is InChI=1S/C16H12N2O3S4/c1-17-13(20)11(24-15(17)22)6-8-3-4-10(19)9(5-8)7-12-14(21)18(2)16(23)25-12/h3-7,19H,1-2H3/b11-6-,12-7-. The summed E-state index contributed by atoms with van der Waals surface area (Å²) in [6.07, 6.45) is 3.31. The van der Waals surface area contributed by atoms with Gasteiger partial charge in [-0.15, -0.1) is 0 Å². The molecule has 25 heavy (non-hydrogen) atoms. The van der Waals surface area contributed by atoms with E-state index in [1.165, 1.54) is 39.4 Å². The molecule has 2 amide bonds. The van der Waals surface area contributed by atoms with Gasteiger partial charge in [0.2, 0.25) is 0 Å². The van der Waals surface area contributed by atoms with Crippen LogP contribution >= 0.6 is 48.0 Å². The van der Waals surface area contributed by atoms with E-state index in [1.54, 1.807) is 38.4 Å². The molecule has 2 saturated heterocycles. The summed E-state index contributed by atoms with van der Waals surface area (Å²) in [5.74, 6) is -0.315. The van der Waals surface area contributed by atoms with Gasteiger partial charge in [-0.3, -0.25) is 19.4 Å². The molecule has 0 unspecified atom stereocenters.